The van der Waals surface area contributed by atoms with E-state index < -0.39 is 11.4 Å². The van der Waals surface area contributed by atoms with E-state index in [2.05, 4.69) is 6.07 Å². The Bertz CT molecular complexity index is 588. The Morgan fingerprint density at radius 3 is 2.81 bits per heavy atom. The molecule has 0 N–H and O–H groups in total. The molecule has 1 saturated carbocycles. The van der Waals surface area contributed by atoms with Gasteiger partial charge in [-0.3, -0.25) is 9.59 Å². The highest BCUT2D eigenvalue weighted by Gasteiger charge is 2.48. The van der Waals surface area contributed by atoms with Crippen LogP contribution in [0.4, 0.5) is 0 Å². The summed E-state index contributed by atoms with van der Waals surface area (Å²) in [5, 5.41) is 9.19. The third kappa shape index (κ3) is 2.97. The van der Waals surface area contributed by atoms with Crippen molar-refractivity contribution >= 4 is 11.8 Å². The Kier molecular flexibility index (Phi) is 4.74. The van der Waals surface area contributed by atoms with Crippen molar-refractivity contribution in [2.24, 2.45) is 5.41 Å². The fourth-order valence-corrected chi connectivity index (χ4v) is 2.94. The van der Waals surface area contributed by atoms with Crippen LogP contribution in [0.3, 0.4) is 0 Å². The maximum atomic E-state index is 12.5. The number of nitrogens with zero attached hydrogens (tertiary/aromatic N) is 1. The maximum Gasteiger partial charge on any atom is 0.319 e. The number of carbonyl (C=O) groups excluding carboxylic acids is 2. The molecule has 0 radical (unpaired) electrons. The van der Waals surface area contributed by atoms with E-state index in [1.165, 1.54) is 0 Å². The summed E-state index contributed by atoms with van der Waals surface area (Å²) in [5.41, 5.74) is 0.143. The number of rotatable bonds is 4. The van der Waals surface area contributed by atoms with Crippen LogP contribution in [-0.4, -0.2) is 18.4 Å². The molecule has 1 aliphatic carbocycles. The van der Waals surface area contributed by atoms with E-state index in [1.807, 2.05) is 6.07 Å². The quantitative estimate of drug-likeness (QED) is 0.630. The maximum absolute atomic E-state index is 12.5. The van der Waals surface area contributed by atoms with Crippen molar-refractivity contribution in [1.82, 2.24) is 0 Å². The predicted molar refractivity (Wildman–Crippen MR) is 77.4 cm³/mol. The fourth-order valence-electron chi connectivity index (χ4n) is 2.94. The van der Waals surface area contributed by atoms with Gasteiger partial charge < -0.3 is 4.74 Å². The van der Waals surface area contributed by atoms with Crippen LogP contribution in [0.2, 0.25) is 0 Å². The smallest absolute Gasteiger partial charge is 0.319 e. The second kappa shape index (κ2) is 6.53. The van der Waals surface area contributed by atoms with Gasteiger partial charge in [0.2, 0.25) is 0 Å². The molecule has 1 fully saturated rings. The molecular formula is C17H19NO3. The minimum absolute atomic E-state index is 0.0556. The number of ether oxygens (including phenoxy) is 1. The van der Waals surface area contributed by atoms with Crippen LogP contribution in [0.1, 0.15) is 43.7 Å². The average molecular weight is 285 g/mol. The van der Waals surface area contributed by atoms with Crippen LogP contribution in [0.25, 0.3) is 0 Å². The van der Waals surface area contributed by atoms with E-state index in [0.717, 1.165) is 18.4 Å². The number of hydrogen-bond acceptors (Lipinski definition) is 4. The lowest BCUT2D eigenvalue weighted by Crippen LogP contribution is -2.44. The van der Waals surface area contributed by atoms with Gasteiger partial charge in [-0.2, -0.15) is 5.26 Å². The third-order valence-corrected chi connectivity index (χ3v) is 4.09. The molecule has 4 heteroatoms. The van der Waals surface area contributed by atoms with Gasteiger partial charge >= 0.3 is 5.97 Å². The largest absolute Gasteiger partial charge is 0.465 e. The van der Waals surface area contributed by atoms with Crippen LogP contribution in [0, 0.1) is 16.7 Å². The fraction of sp³-hybridized carbons (Fsp3) is 0.471. The molecule has 0 aliphatic heterocycles. The molecule has 21 heavy (non-hydrogen) atoms. The van der Waals surface area contributed by atoms with Crippen LogP contribution < -0.4 is 0 Å². The SMILES string of the molecule is CCOC(=O)C1(Cc2ccccc2C#N)CCCCC1=O. The molecule has 0 heterocycles. The first-order valence-corrected chi connectivity index (χ1v) is 7.32. The summed E-state index contributed by atoms with van der Waals surface area (Å²) < 4.78 is 5.16. The molecule has 2 rings (SSSR count). The van der Waals surface area contributed by atoms with Gasteiger partial charge in [-0.25, -0.2) is 0 Å². The molecule has 0 amide bonds. The van der Waals surface area contributed by atoms with Crippen molar-refractivity contribution < 1.29 is 14.3 Å². The number of ketones is 1. The molecule has 1 aliphatic rings. The Labute approximate surface area is 124 Å². The summed E-state index contributed by atoms with van der Waals surface area (Å²) in [6, 6.07) is 9.24. The van der Waals surface area contributed by atoms with E-state index in [9.17, 15) is 14.9 Å². The van der Waals surface area contributed by atoms with Crippen molar-refractivity contribution in [1.29, 1.82) is 5.26 Å². The van der Waals surface area contributed by atoms with Crippen LogP contribution in [0.15, 0.2) is 24.3 Å². The van der Waals surface area contributed by atoms with Gasteiger partial charge in [0.1, 0.15) is 5.41 Å². The Morgan fingerprint density at radius 2 is 2.14 bits per heavy atom. The molecule has 0 spiro atoms. The Hall–Kier alpha value is -2.15. The van der Waals surface area contributed by atoms with Crippen molar-refractivity contribution in [3.05, 3.63) is 35.4 Å². The minimum atomic E-state index is -1.11. The molecule has 0 aromatic heterocycles. The number of Topliss-reactive ketones (excluding diaryl/α,β-unsaturated/α-hetero) is 1. The van der Waals surface area contributed by atoms with Crippen molar-refractivity contribution in [2.45, 2.75) is 39.0 Å². The van der Waals surface area contributed by atoms with Gasteiger partial charge in [0.25, 0.3) is 0 Å². The molecule has 4 nitrogen and oxygen atoms in total. The highest BCUT2D eigenvalue weighted by molar-refractivity contribution is 6.04. The van der Waals surface area contributed by atoms with Gasteiger partial charge in [-0.05, 0) is 37.8 Å². The van der Waals surface area contributed by atoms with Gasteiger partial charge in [0, 0.05) is 6.42 Å². The first kappa shape index (κ1) is 15.2. The summed E-state index contributed by atoms with van der Waals surface area (Å²) in [6.45, 7) is 2.00. The van der Waals surface area contributed by atoms with E-state index >= 15 is 0 Å². The lowest BCUT2D eigenvalue weighted by molar-refractivity contribution is -0.162. The second-order valence-corrected chi connectivity index (χ2v) is 5.38. The molecule has 0 saturated heterocycles. The number of hydrogen-bond donors (Lipinski definition) is 0. The van der Waals surface area contributed by atoms with Gasteiger partial charge in [-0.15, -0.1) is 0 Å². The summed E-state index contributed by atoms with van der Waals surface area (Å²) in [7, 11) is 0. The van der Waals surface area contributed by atoms with E-state index in [1.54, 1.807) is 25.1 Å². The molecule has 1 aromatic rings. The summed E-state index contributed by atoms with van der Waals surface area (Å²) in [6.07, 6.45) is 2.82. The Balaban J connectivity index is 2.39. The number of nitriles is 1. The topological polar surface area (TPSA) is 67.2 Å². The van der Waals surface area contributed by atoms with Crippen LogP contribution in [-0.2, 0) is 20.7 Å². The first-order chi connectivity index (χ1) is 10.1. The average Bonchev–Trinajstić information content (AvgIpc) is 2.50. The van der Waals surface area contributed by atoms with Crippen molar-refractivity contribution in [3.8, 4) is 6.07 Å². The zero-order valence-electron chi connectivity index (χ0n) is 12.2. The molecule has 1 unspecified atom stereocenters. The second-order valence-electron chi connectivity index (χ2n) is 5.38. The van der Waals surface area contributed by atoms with Crippen LogP contribution >= 0.6 is 0 Å². The number of benzene rings is 1. The molecule has 0 bridgehead atoms. The lowest BCUT2D eigenvalue weighted by Gasteiger charge is -2.33. The summed E-state index contributed by atoms with van der Waals surface area (Å²) in [4.78, 5) is 24.9. The normalized spacial score (nSPS) is 21.6. The highest BCUT2D eigenvalue weighted by atomic mass is 16.5. The van der Waals surface area contributed by atoms with Crippen molar-refractivity contribution in [3.63, 3.8) is 0 Å². The van der Waals surface area contributed by atoms with E-state index in [4.69, 9.17) is 4.74 Å². The first-order valence-electron chi connectivity index (χ1n) is 7.32. The summed E-state index contributed by atoms with van der Waals surface area (Å²) >= 11 is 0. The summed E-state index contributed by atoms with van der Waals surface area (Å²) in [5.74, 6) is -0.498. The van der Waals surface area contributed by atoms with E-state index in [-0.39, 0.29) is 18.8 Å². The highest BCUT2D eigenvalue weighted by Crippen LogP contribution is 2.38. The zero-order chi connectivity index (χ0) is 15.3. The molecule has 110 valence electrons. The van der Waals surface area contributed by atoms with Gasteiger partial charge in [-0.1, -0.05) is 24.6 Å². The van der Waals surface area contributed by atoms with Gasteiger partial charge in [0.05, 0.1) is 18.2 Å². The van der Waals surface area contributed by atoms with Gasteiger partial charge in [0.15, 0.2) is 5.78 Å². The number of carbonyl (C=O) groups is 2. The minimum Gasteiger partial charge on any atom is -0.465 e. The third-order valence-electron chi connectivity index (χ3n) is 4.09. The zero-order valence-corrected chi connectivity index (χ0v) is 12.2. The van der Waals surface area contributed by atoms with E-state index in [0.29, 0.717) is 18.4 Å². The number of esters is 1. The molecular weight excluding hydrogens is 266 g/mol. The lowest BCUT2D eigenvalue weighted by atomic mass is 9.69. The monoisotopic (exact) mass is 285 g/mol. The Morgan fingerprint density at radius 1 is 1.38 bits per heavy atom. The standard InChI is InChI=1S/C17H19NO3/c1-2-21-16(20)17(10-6-5-9-15(17)19)11-13-7-3-4-8-14(13)12-18/h3-4,7-8H,2,5-6,9-11H2,1H3. The predicted octanol–water partition coefficient (Wildman–Crippen LogP) is 2.79. The van der Waals surface area contributed by atoms with Crippen LogP contribution in [0.5, 0.6) is 0 Å². The van der Waals surface area contributed by atoms with Crippen molar-refractivity contribution in [2.75, 3.05) is 6.61 Å². The molecule has 1 atom stereocenters. The molecule has 1 aromatic carbocycles.